The summed E-state index contributed by atoms with van der Waals surface area (Å²) in [5.74, 6) is 0. The van der Waals surface area contributed by atoms with Gasteiger partial charge in [-0.2, -0.15) is 0 Å². The average Bonchev–Trinajstić information content (AvgIpc) is 2.95. The van der Waals surface area contributed by atoms with E-state index >= 15 is 0 Å². The molecule has 0 aromatic carbocycles. The molecule has 2 N–H and O–H groups in total. The lowest BCUT2D eigenvalue weighted by Gasteiger charge is -2.25. The van der Waals surface area contributed by atoms with Crippen LogP contribution in [0.4, 0.5) is 0 Å². The third-order valence-corrected chi connectivity index (χ3v) is 2.72. The SMILES string of the molecule is COC(C)(C)CNC(C)CNC1CC1. The molecule has 0 aromatic heterocycles. The second-order valence-corrected chi connectivity index (χ2v) is 4.93. The molecule has 1 rings (SSSR count). The molecule has 84 valence electrons. The number of methoxy groups -OCH3 is 1. The average molecular weight is 200 g/mol. The lowest BCUT2D eigenvalue weighted by molar-refractivity contribution is 0.0215. The quantitative estimate of drug-likeness (QED) is 0.646. The van der Waals surface area contributed by atoms with Crippen LogP contribution in [0.1, 0.15) is 33.6 Å². The molecule has 1 atom stereocenters. The van der Waals surface area contributed by atoms with Gasteiger partial charge in [-0.1, -0.05) is 0 Å². The molecular formula is C11H24N2O. The molecule has 0 saturated heterocycles. The van der Waals surface area contributed by atoms with Gasteiger partial charge in [0.05, 0.1) is 5.60 Å². The van der Waals surface area contributed by atoms with Gasteiger partial charge in [-0.05, 0) is 33.6 Å². The molecular weight excluding hydrogens is 176 g/mol. The smallest absolute Gasteiger partial charge is 0.0746 e. The first-order valence-electron chi connectivity index (χ1n) is 5.55. The Kier molecular flexibility index (Phi) is 4.35. The lowest BCUT2D eigenvalue weighted by Crippen LogP contribution is -2.44. The third-order valence-electron chi connectivity index (χ3n) is 2.72. The van der Waals surface area contributed by atoms with Gasteiger partial charge >= 0.3 is 0 Å². The summed E-state index contributed by atoms with van der Waals surface area (Å²) in [6, 6.07) is 1.32. The molecule has 14 heavy (non-hydrogen) atoms. The van der Waals surface area contributed by atoms with Crippen LogP contribution in [-0.2, 0) is 4.74 Å². The number of hydrogen-bond acceptors (Lipinski definition) is 3. The topological polar surface area (TPSA) is 33.3 Å². The van der Waals surface area contributed by atoms with E-state index in [9.17, 15) is 0 Å². The van der Waals surface area contributed by atoms with E-state index in [2.05, 4.69) is 31.4 Å². The van der Waals surface area contributed by atoms with Crippen molar-refractivity contribution in [3.8, 4) is 0 Å². The molecule has 1 saturated carbocycles. The summed E-state index contributed by atoms with van der Waals surface area (Å²) >= 11 is 0. The first-order valence-corrected chi connectivity index (χ1v) is 5.55. The Morgan fingerprint density at radius 2 is 2.07 bits per heavy atom. The zero-order valence-corrected chi connectivity index (χ0v) is 9.89. The second kappa shape index (κ2) is 5.10. The Hall–Kier alpha value is -0.120. The molecule has 0 radical (unpaired) electrons. The van der Waals surface area contributed by atoms with Crippen molar-refractivity contribution in [2.24, 2.45) is 0 Å². The fourth-order valence-corrected chi connectivity index (χ4v) is 1.20. The van der Waals surface area contributed by atoms with Gasteiger partial charge in [-0.3, -0.25) is 0 Å². The molecule has 1 unspecified atom stereocenters. The van der Waals surface area contributed by atoms with Crippen molar-refractivity contribution < 1.29 is 4.74 Å². The molecule has 1 aliphatic carbocycles. The van der Waals surface area contributed by atoms with E-state index in [0.29, 0.717) is 6.04 Å². The number of rotatable bonds is 7. The van der Waals surface area contributed by atoms with E-state index < -0.39 is 0 Å². The molecule has 0 bridgehead atoms. The summed E-state index contributed by atoms with van der Waals surface area (Å²) in [5, 5.41) is 6.98. The summed E-state index contributed by atoms with van der Waals surface area (Å²) < 4.78 is 5.34. The predicted molar refractivity (Wildman–Crippen MR) is 59.6 cm³/mol. The Balaban J connectivity index is 2.03. The normalized spacial score (nSPS) is 19.7. The van der Waals surface area contributed by atoms with E-state index in [1.807, 2.05) is 0 Å². The maximum Gasteiger partial charge on any atom is 0.0746 e. The second-order valence-electron chi connectivity index (χ2n) is 4.93. The largest absolute Gasteiger partial charge is 0.377 e. The number of ether oxygens (including phenoxy) is 1. The highest BCUT2D eigenvalue weighted by atomic mass is 16.5. The van der Waals surface area contributed by atoms with Crippen LogP contribution in [0.25, 0.3) is 0 Å². The molecule has 0 amide bonds. The van der Waals surface area contributed by atoms with Gasteiger partial charge < -0.3 is 15.4 Å². The minimum Gasteiger partial charge on any atom is -0.377 e. The number of nitrogens with one attached hydrogen (secondary N) is 2. The molecule has 3 nitrogen and oxygen atoms in total. The van der Waals surface area contributed by atoms with Crippen LogP contribution in [0.3, 0.4) is 0 Å². The Morgan fingerprint density at radius 1 is 1.43 bits per heavy atom. The van der Waals surface area contributed by atoms with Gasteiger partial charge in [0.2, 0.25) is 0 Å². The van der Waals surface area contributed by atoms with E-state index in [0.717, 1.165) is 19.1 Å². The predicted octanol–water partition coefficient (Wildman–Crippen LogP) is 1.14. The molecule has 0 aliphatic heterocycles. The summed E-state index contributed by atoms with van der Waals surface area (Å²) in [6.45, 7) is 8.37. The van der Waals surface area contributed by atoms with Crippen molar-refractivity contribution in [1.82, 2.24) is 10.6 Å². The van der Waals surface area contributed by atoms with E-state index in [1.165, 1.54) is 12.8 Å². The Labute approximate surface area is 87.6 Å². The molecule has 0 aromatic rings. The minimum atomic E-state index is -0.0617. The fraction of sp³-hybridized carbons (Fsp3) is 1.00. The van der Waals surface area contributed by atoms with Crippen LogP contribution in [-0.4, -0.2) is 37.9 Å². The zero-order chi connectivity index (χ0) is 10.6. The zero-order valence-electron chi connectivity index (χ0n) is 9.89. The highest BCUT2D eigenvalue weighted by Crippen LogP contribution is 2.18. The van der Waals surface area contributed by atoms with Crippen molar-refractivity contribution in [2.45, 2.75) is 51.3 Å². The van der Waals surface area contributed by atoms with Crippen molar-refractivity contribution in [3.05, 3.63) is 0 Å². The molecule has 0 spiro atoms. The van der Waals surface area contributed by atoms with Gasteiger partial charge in [-0.15, -0.1) is 0 Å². The highest BCUT2D eigenvalue weighted by molar-refractivity contribution is 4.83. The van der Waals surface area contributed by atoms with E-state index in [-0.39, 0.29) is 5.60 Å². The summed E-state index contributed by atoms with van der Waals surface area (Å²) in [4.78, 5) is 0. The fourth-order valence-electron chi connectivity index (χ4n) is 1.20. The van der Waals surface area contributed by atoms with E-state index in [1.54, 1.807) is 7.11 Å². The van der Waals surface area contributed by atoms with Crippen molar-refractivity contribution in [1.29, 1.82) is 0 Å². The molecule has 1 fully saturated rings. The third kappa shape index (κ3) is 4.94. The van der Waals surface area contributed by atoms with Crippen molar-refractivity contribution in [3.63, 3.8) is 0 Å². The lowest BCUT2D eigenvalue weighted by atomic mass is 10.1. The van der Waals surface area contributed by atoms with Crippen LogP contribution in [0.2, 0.25) is 0 Å². The molecule has 1 aliphatic rings. The van der Waals surface area contributed by atoms with Crippen molar-refractivity contribution in [2.75, 3.05) is 20.2 Å². The van der Waals surface area contributed by atoms with Gasteiger partial charge in [0.15, 0.2) is 0 Å². The Bertz CT molecular complexity index is 167. The number of hydrogen-bond donors (Lipinski definition) is 2. The van der Waals surface area contributed by atoms with Crippen LogP contribution in [0, 0.1) is 0 Å². The molecule has 3 heteroatoms. The minimum absolute atomic E-state index is 0.0617. The van der Waals surface area contributed by atoms with Gasteiger partial charge in [0.1, 0.15) is 0 Å². The monoisotopic (exact) mass is 200 g/mol. The van der Waals surface area contributed by atoms with Gasteiger partial charge in [0, 0.05) is 32.3 Å². The van der Waals surface area contributed by atoms with Crippen LogP contribution >= 0.6 is 0 Å². The highest BCUT2D eigenvalue weighted by Gasteiger charge is 2.21. The molecule has 0 heterocycles. The summed E-state index contributed by atoms with van der Waals surface area (Å²) in [7, 11) is 1.76. The first kappa shape index (κ1) is 12.0. The Morgan fingerprint density at radius 3 is 2.57 bits per heavy atom. The standard InChI is InChI=1S/C11H24N2O/c1-9(7-12-10-5-6-10)13-8-11(2,3)14-4/h9-10,12-13H,5-8H2,1-4H3. The van der Waals surface area contributed by atoms with Crippen LogP contribution < -0.4 is 10.6 Å². The summed E-state index contributed by atoms with van der Waals surface area (Å²) in [5.41, 5.74) is -0.0617. The van der Waals surface area contributed by atoms with Crippen LogP contribution in [0.5, 0.6) is 0 Å². The van der Waals surface area contributed by atoms with Crippen molar-refractivity contribution >= 4 is 0 Å². The van der Waals surface area contributed by atoms with Gasteiger partial charge in [0.25, 0.3) is 0 Å². The van der Waals surface area contributed by atoms with Crippen LogP contribution in [0.15, 0.2) is 0 Å². The maximum absolute atomic E-state index is 5.34. The van der Waals surface area contributed by atoms with Gasteiger partial charge in [-0.25, -0.2) is 0 Å². The first-order chi connectivity index (χ1) is 6.53. The summed E-state index contributed by atoms with van der Waals surface area (Å²) in [6.07, 6.45) is 2.71. The van der Waals surface area contributed by atoms with E-state index in [4.69, 9.17) is 4.74 Å². The maximum atomic E-state index is 5.34.